The fourth-order valence-electron chi connectivity index (χ4n) is 7.64. The van der Waals surface area contributed by atoms with Crippen LogP contribution in [0.15, 0.2) is 138 Å². The minimum absolute atomic E-state index is 0.627. The van der Waals surface area contributed by atoms with Crippen LogP contribution in [0, 0.1) is 0 Å². The topological polar surface area (TPSA) is 48.3 Å². The van der Waals surface area contributed by atoms with Gasteiger partial charge < -0.3 is 8.82 Å². The highest BCUT2D eigenvalue weighted by molar-refractivity contribution is 6.34. The van der Waals surface area contributed by atoms with E-state index in [1.54, 1.807) is 0 Å². The normalized spacial score (nSPS) is 12.4. The lowest BCUT2D eigenvalue weighted by molar-refractivity contribution is 0.666. The maximum atomic E-state index is 6.44. The van der Waals surface area contributed by atoms with Gasteiger partial charge in [0.25, 0.3) is 0 Å². The number of para-hydroxylation sites is 4. The van der Waals surface area contributed by atoms with E-state index in [0.717, 1.165) is 38.8 Å². The van der Waals surface area contributed by atoms with E-state index in [1.807, 2.05) is 36.4 Å². The molecule has 0 aliphatic rings. The van der Waals surface area contributed by atoms with Crippen LogP contribution in [0.25, 0.3) is 99.2 Å². The van der Waals surface area contributed by atoms with Crippen LogP contribution < -0.4 is 0 Å². The van der Waals surface area contributed by atoms with Gasteiger partial charge in [-0.1, -0.05) is 97.1 Å². The lowest BCUT2D eigenvalue weighted by atomic mass is 10.0. The summed E-state index contributed by atoms with van der Waals surface area (Å²) in [6, 6.07) is 46.9. The van der Waals surface area contributed by atoms with Gasteiger partial charge in [-0.2, -0.15) is 0 Å². The highest BCUT2D eigenvalue weighted by atomic mass is 16.3. The molecule has 0 fully saturated rings. The molecule has 0 bridgehead atoms. The molecule has 208 valence electrons. The van der Waals surface area contributed by atoms with Crippen molar-refractivity contribution in [2.75, 3.05) is 0 Å². The largest absolute Gasteiger partial charge is 0.452 e. The number of aromatic nitrogens is 4. The van der Waals surface area contributed by atoms with Crippen molar-refractivity contribution in [1.82, 2.24) is 18.9 Å². The maximum Gasteiger partial charge on any atom is 0.236 e. The van der Waals surface area contributed by atoms with Gasteiger partial charge >= 0.3 is 0 Å². The second-order valence-corrected chi connectivity index (χ2v) is 11.8. The molecule has 5 heteroatoms. The molecular weight excluding hydrogens is 552 g/mol. The lowest BCUT2D eigenvalue weighted by Gasteiger charge is -2.10. The zero-order valence-corrected chi connectivity index (χ0v) is 23.9. The standard InChI is InChI=1S/C40H22N4O/c1-2-12-23(13-3-1)35-39-36(27-17-7-11-21-33(27)45-39)42-40(41-35)44-31-19-9-5-15-25(31)29-22-28-24-14-4-8-18-30(24)43-32-20-10-6-16-26(32)34(37(28)43)38(29)44/h1-22H. The molecule has 5 heterocycles. The van der Waals surface area contributed by atoms with Crippen molar-refractivity contribution in [3.8, 4) is 17.2 Å². The summed E-state index contributed by atoms with van der Waals surface area (Å²) in [4.78, 5) is 10.6. The third-order valence-corrected chi connectivity index (χ3v) is 9.46. The van der Waals surface area contributed by atoms with E-state index in [-0.39, 0.29) is 0 Å². The third-order valence-electron chi connectivity index (χ3n) is 9.46. The molecule has 0 saturated heterocycles. The summed E-state index contributed by atoms with van der Waals surface area (Å²) in [6.45, 7) is 0. The number of hydrogen-bond acceptors (Lipinski definition) is 3. The molecule has 11 rings (SSSR count). The van der Waals surface area contributed by atoms with Crippen molar-refractivity contribution in [2.24, 2.45) is 0 Å². The zero-order valence-electron chi connectivity index (χ0n) is 23.9. The summed E-state index contributed by atoms with van der Waals surface area (Å²) in [7, 11) is 0. The van der Waals surface area contributed by atoms with Crippen LogP contribution in [-0.2, 0) is 0 Å². The monoisotopic (exact) mass is 574 g/mol. The molecule has 0 N–H and O–H groups in total. The van der Waals surface area contributed by atoms with E-state index in [0.29, 0.717) is 11.5 Å². The van der Waals surface area contributed by atoms with Crippen LogP contribution in [0.4, 0.5) is 0 Å². The van der Waals surface area contributed by atoms with Crippen LogP contribution >= 0.6 is 0 Å². The average Bonchev–Trinajstić information content (AvgIpc) is 3.83. The van der Waals surface area contributed by atoms with Crippen LogP contribution in [-0.4, -0.2) is 18.9 Å². The Morgan fingerprint density at radius 3 is 1.89 bits per heavy atom. The number of nitrogens with zero attached hydrogens (tertiary/aromatic N) is 4. The fraction of sp³-hybridized carbons (Fsp3) is 0. The number of benzene rings is 6. The molecular formula is C40H22N4O. The number of furan rings is 1. The predicted octanol–water partition coefficient (Wildman–Crippen LogP) is 10.3. The van der Waals surface area contributed by atoms with Crippen LogP contribution in [0.2, 0.25) is 0 Å². The molecule has 0 amide bonds. The Morgan fingerprint density at radius 2 is 1.09 bits per heavy atom. The molecule has 5 aromatic heterocycles. The van der Waals surface area contributed by atoms with E-state index in [2.05, 4.69) is 106 Å². The summed E-state index contributed by atoms with van der Waals surface area (Å²) in [5.41, 5.74) is 9.92. The fourth-order valence-corrected chi connectivity index (χ4v) is 7.64. The van der Waals surface area contributed by atoms with E-state index in [1.165, 1.54) is 48.9 Å². The first-order valence-corrected chi connectivity index (χ1v) is 15.2. The quantitative estimate of drug-likeness (QED) is 0.206. The van der Waals surface area contributed by atoms with Gasteiger partial charge in [0.15, 0.2) is 5.58 Å². The van der Waals surface area contributed by atoms with Crippen molar-refractivity contribution < 1.29 is 4.42 Å². The molecule has 0 saturated carbocycles. The highest BCUT2D eigenvalue weighted by Gasteiger charge is 2.26. The Morgan fingerprint density at radius 1 is 0.489 bits per heavy atom. The van der Waals surface area contributed by atoms with Gasteiger partial charge in [0.1, 0.15) is 16.8 Å². The second-order valence-electron chi connectivity index (χ2n) is 11.8. The van der Waals surface area contributed by atoms with Crippen molar-refractivity contribution in [3.05, 3.63) is 133 Å². The minimum Gasteiger partial charge on any atom is -0.452 e. The summed E-state index contributed by atoms with van der Waals surface area (Å²) < 4.78 is 11.1. The van der Waals surface area contributed by atoms with E-state index in [9.17, 15) is 0 Å². The molecule has 5 nitrogen and oxygen atoms in total. The summed E-state index contributed by atoms with van der Waals surface area (Å²) in [5.74, 6) is 0.627. The first-order valence-electron chi connectivity index (χ1n) is 15.2. The SMILES string of the molecule is c1ccc(-c2nc(-n3c4ccccc4c4cc5c6ccccc6n6c7ccccc7c(c43)c56)nc3c2oc2ccccc23)cc1. The molecule has 45 heavy (non-hydrogen) atoms. The van der Waals surface area contributed by atoms with Gasteiger partial charge in [-0.25, -0.2) is 9.97 Å². The third kappa shape index (κ3) is 2.88. The van der Waals surface area contributed by atoms with Crippen LogP contribution in [0.1, 0.15) is 0 Å². The molecule has 0 atom stereocenters. The highest BCUT2D eigenvalue weighted by Crippen LogP contribution is 2.46. The maximum absolute atomic E-state index is 6.44. The van der Waals surface area contributed by atoms with Crippen molar-refractivity contribution >= 4 is 82.0 Å². The molecule has 6 aromatic carbocycles. The Labute approximate surface area is 255 Å². The van der Waals surface area contributed by atoms with Gasteiger partial charge in [0, 0.05) is 43.3 Å². The van der Waals surface area contributed by atoms with Gasteiger partial charge in [-0.3, -0.25) is 4.57 Å². The molecule has 0 aliphatic carbocycles. The molecule has 11 aromatic rings. The van der Waals surface area contributed by atoms with Gasteiger partial charge in [0.05, 0.1) is 27.6 Å². The molecule has 0 aliphatic heterocycles. The van der Waals surface area contributed by atoms with E-state index in [4.69, 9.17) is 14.4 Å². The predicted molar refractivity (Wildman–Crippen MR) is 184 cm³/mol. The Bertz CT molecular complexity index is 2980. The first kappa shape index (κ1) is 23.3. The number of hydrogen-bond donors (Lipinski definition) is 0. The lowest BCUT2D eigenvalue weighted by Crippen LogP contribution is -2.03. The average molecular weight is 575 g/mol. The number of fused-ring (bicyclic) bond motifs is 13. The Hall–Kier alpha value is -6.20. The van der Waals surface area contributed by atoms with Crippen molar-refractivity contribution in [1.29, 1.82) is 0 Å². The molecule has 0 radical (unpaired) electrons. The number of rotatable bonds is 2. The van der Waals surface area contributed by atoms with Crippen LogP contribution in [0.5, 0.6) is 0 Å². The van der Waals surface area contributed by atoms with Gasteiger partial charge in [-0.05, 0) is 36.4 Å². The van der Waals surface area contributed by atoms with Gasteiger partial charge in [0.2, 0.25) is 5.95 Å². The first-order chi connectivity index (χ1) is 22.3. The Kier molecular flexibility index (Phi) is 4.26. The van der Waals surface area contributed by atoms with Crippen LogP contribution in [0.3, 0.4) is 0 Å². The van der Waals surface area contributed by atoms with Crippen molar-refractivity contribution in [2.45, 2.75) is 0 Å². The van der Waals surface area contributed by atoms with E-state index < -0.39 is 0 Å². The molecule has 0 spiro atoms. The smallest absolute Gasteiger partial charge is 0.236 e. The summed E-state index contributed by atoms with van der Waals surface area (Å²) in [6.07, 6.45) is 0. The Balaban J connectivity index is 1.40. The summed E-state index contributed by atoms with van der Waals surface area (Å²) >= 11 is 0. The molecule has 0 unspecified atom stereocenters. The van der Waals surface area contributed by atoms with Crippen molar-refractivity contribution in [3.63, 3.8) is 0 Å². The second kappa shape index (κ2) is 8.24. The minimum atomic E-state index is 0.627. The van der Waals surface area contributed by atoms with Gasteiger partial charge in [-0.15, -0.1) is 0 Å². The summed E-state index contributed by atoms with van der Waals surface area (Å²) in [5, 5.41) is 8.30. The van der Waals surface area contributed by atoms with E-state index >= 15 is 0 Å². The zero-order chi connectivity index (χ0) is 29.2.